The number of hydrogen-bond acceptors (Lipinski definition) is 2. The van der Waals surface area contributed by atoms with Gasteiger partial charge in [-0.25, -0.2) is 0 Å². The third kappa shape index (κ3) is 2.47. The fraction of sp³-hybridized carbons (Fsp3) is 0.909. The second kappa shape index (κ2) is 4.30. The Morgan fingerprint density at radius 2 is 2.14 bits per heavy atom. The van der Waals surface area contributed by atoms with E-state index in [1.807, 2.05) is 7.05 Å². The van der Waals surface area contributed by atoms with Crippen LogP contribution in [0, 0.1) is 11.8 Å². The van der Waals surface area contributed by atoms with Crippen LogP contribution in [0.5, 0.6) is 0 Å². The molecular weight excluding hydrogens is 176 g/mol. The van der Waals surface area contributed by atoms with Crippen molar-refractivity contribution < 1.29 is 4.79 Å². The van der Waals surface area contributed by atoms with E-state index < -0.39 is 0 Å². The summed E-state index contributed by atoms with van der Waals surface area (Å²) in [6, 6.07) is 0. The predicted molar refractivity (Wildman–Crippen MR) is 56.0 cm³/mol. The molecule has 14 heavy (non-hydrogen) atoms. The molecular formula is C11H20N2O. The van der Waals surface area contributed by atoms with Crippen LogP contribution in [0.4, 0.5) is 0 Å². The lowest BCUT2D eigenvalue weighted by molar-refractivity contribution is -0.130. The van der Waals surface area contributed by atoms with Crippen molar-refractivity contribution in [2.45, 2.75) is 25.7 Å². The maximum absolute atomic E-state index is 11.8. The van der Waals surface area contributed by atoms with Gasteiger partial charge in [0.25, 0.3) is 0 Å². The first-order valence-corrected chi connectivity index (χ1v) is 5.72. The van der Waals surface area contributed by atoms with Crippen molar-refractivity contribution in [3.05, 3.63) is 0 Å². The van der Waals surface area contributed by atoms with Gasteiger partial charge in [-0.2, -0.15) is 0 Å². The van der Waals surface area contributed by atoms with Crippen LogP contribution in [0.1, 0.15) is 25.7 Å². The third-order valence-electron chi connectivity index (χ3n) is 3.29. The van der Waals surface area contributed by atoms with Crippen molar-refractivity contribution in [2.24, 2.45) is 11.8 Å². The lowest BCUT2D eigenvalue weighted by atomic mass is 10.1. The summed E-state index contributed by atoms with van der Waals surface area (Å²) in [7, 11) is 1.98. The summed E-state index contributed by atoms with van der Waals surface area (Å²) in [5.41, 5.74) is 0. The van der Waals surface area contributed by atoms with Gasteiger partial charge in [0.1, 0.15) is 0 Å². The normalized spacial score (nSPS) is 26.9. The zero-order chi connectivity index (χ0) is 9.97. The molecule has 1 aliphatic carbocycles. The number of rotatable bonds is 4. The Labute approximate surface area is 85.8 Å². The Morgan fingerprint density at radius 1 is 1.36 bits per heavy atom. The first kappa shape index (κ1) is 9.97. The minimum Gasteiger partial charge on any atom is -0.342 e. The van der Waals surface area contributed by atoms with Crippen molar-refractivity contribution in [1.82, 2.24) is 10.2 Å². The molecule has 0 aromatic heterocycles. The molecule has 2 aliphatic rings. The Kier molecular flexibility index (Phi) is 3.06. The van der Waals surface area contributed by atoms with Crippen molar-refractivity contribution in [2.75, 3.05) is 26.7 Å². The highest BCUT2D eigenvalue weighted by Gasteiger charge is 2.30. The number of likely N-dealkylation sites (tertiary alicyclic amines) is 1. The monoisotopic (exact) mass is 196 g/mol. The van der Waals surface area contributed by atoms with E-state index >= 15 is 0 Å². The van der Waals surface area contributed by atoms with Gasteiger partial charge < -0.3 is 10.2 Å². The number of carbonyl (C=O) groups excluding carboxylic acids is 1. The van der Waals surface area contributed by atoms with Gasteiger partial charge in [0, 0.05) is 19.5 Å². The summed E-state index contributed by atoms with van der Waals surface area (Å²) in [5.74, 6) is 1.81. The maximum atomic E-state index is 11.8. The highest BCUT2D eigenvalue weighted by molar-refractivity contribution is 5.77. The molecule has 1 saturated heterocycles. The lowest BCUT2D eigenvalue weighted by Crippen LogP contribution is -2.30. The Balaban J connectivity index is 1.73. The number of hydrogen-bond donors (Lipinski definition) is 1. The van der Waals surface area contributed by atoms with Gasteiger partial charge in [0.2, 0.25) is 5.91 Å². The molecule has 1 saturated carbocycles. The number of amides is 1. The summed E-state index contributed by atoms with van der Waals surface area (Å²) in [4.78, 5) is 13.8. The van der Waals surface area contributed by atoms with Crippen LogP contribution in [-0.2, 0) is 4.79 Å². The van der Waals surface area contributed by atoms with Gasteiger partial charge in [0.05, 0.1) is 0 Å². The fourth-order valence-electron chi connectivity index (χ4n) is 2.21. The minimum atomic E-state index is 0.395. The van der Waals surface area contributed by atoms with E-state index in [1.54, 1.807) is 0 Å². The van der Waals surface area contributed by atoms with Crippen LogP contribution in [0.25, 0.3) is 0 Å². The van der Waals surface area contributed by atoms with Gasteiger partial charge in [-0.15, -0.1) is 0 Å². The summed E-state index contributed by atoms with van der Waals surface area (Å²) in [6.07, 6.45) is 4.54. The van der Waals surface area contributed by atoms with Crippen LogP contribution in [0.3, 0.4) is 0 Å². The molecule has 2 fully saturated rings. The van der Waals surface area contributed by atoms with Gasteiger partial charge in [0.15, 0.2) is 0 Å². The van der Waals surface area contributed by atoms with E-state index in [1.165, 1.54) is 19.3 Å². The molecule has 1 amide bonds. The summed E-state index contributed by atoms with van der Waals surface area (Å²) in [5, 5.41) is 3.18. The standard InChI is InChI=1S/C11H20N2O/c1-12-7-10-4-5-13(8-10)11(14)6-9-2-3-9/h9-10,12H,2-8H2,1H3. The van der Waals surface area contributed by atoms with Crippen LogP contribution >= 0.6 is 0 Å². The van der Waals surface area contributed by atoms with Gasteiger partial charge in [-0.1, -0.05) is 0 Å². The first-order chi connectivity index (χ1) is 6.79. The van der Waals surface area contributed by atoms with E-state index in [0.717, 1.165) is 32.0 Å². The summed E-state index contributed by atoms with van der Waals surface area (Å²) >= 11 is 0. The molecule has 1 N–H and O–H groups in total. The highest BCUT2D eigenvalue weighted by Crippen LogP contribution is 2.33. The molecule has 0 spiro atoms. The van der Waals surface area contributed by atoms with E-state index in [4.69, 9.17) is 0 Å². The zero-order valence-electron chi connectivity index (χ0n) is 8.96. The van der Waals surface area contributed by atoms with Crippen molar-refractivity contribution in [1.29, 1.82) is 0 Å². The maximum Gasteiger partial charge on any atom is 0.222 e. The van der Waals surface area contributed by atoms with Gasteiger partial charge in [-0.05, 0) is 44.7 Å². The zero-order valence-corrected chi connectivity index (χ0v) is 8.96. The van der Waals surface area contributed by atoms with Gasteiger partial charge in [-0.3, -0.25) is 4.79 Å². The molecule has 2 rings (SSSR count). The average Bonchev–Trinajstić information content (AvgIpc) is 2.83. The SMILES string of the molecule is CNCC1CCN(C(=O)CC2CC2)C1. The first-order valence-electron chi connectivity index (χ1n) is 5.72. The average molecular weight is 196 g/mol. The lowest BCUT2D eigenvalue weighted by Gasteiger charge is -2.16. The topological polar surface area (TPSA) is 32.3 Å². The van der Waals surface area contributed by atoms with Crippen molar-refractivity contribution in [3.63, 3.8) is 0 Å². The molecule has 0 aromatic rings. The molecule has 3 nitrogen and oxygen atoms in total. The number of carbonyl (C=O) groups is 1. The smallest absolute Gasteiger partial charge is 0.222 e. The Hall–Kier alpha value is -0.570. The Bertz CT molecular complexity index is 213. The van der Waals surface area contributed by atoms with E-state index in [2.05, 4.69) is 10.2 Å². The second-order valence-corrected chi connectivity index (χ2v) is 4.70. The van der Waals surface area contributed by atoms with Crippen LogP contribution in [0.2, 0.25) is 0 Å². The molecule has 1 unspecified atom stereocenters. The molecule has 0 aromatic carbocycles. The predicted octanol–water partition coefficient (Wildman–Crippen LogP) is 0.854. The van der Waals surface area contributed by atoms with E-state index in [-0.39, 0.29) is 0 Å². The molecule has 3 heteroatoms. The summed E-state index contributed by atoms with van der Waals surface area (Å²) in [6.45, 7) is 3.01. The van der Waals surface area contributed by atoms with Crippen LogP contribution in [0.15, 0.2) is 0 Å². The Morgan fingerprint density at radius 3 is 2.79 bits per heavy atom. The minimum absolute atomic E-state index is 0.395. The van der Waals surface area contributed by atoms with Crippen LogP contribution in [-0.4, -0.2) is 37.5 Å². The summed E-state index contributed by atoms with van der Waals surface area (Å²) < 4.78 is 0. The van der Waals surface area contributed by atoms with Crippen molar-refractivity contribution in [3.8, 4) is 0 Å². The molecule has 1 heterocycles. The van der Waals surface area contributed by atoms with Gasteiger partial charge >= 0.3 is 0 Å². The second-order valence-electron chi connectivity index (χ2n) is 4.70. The molecule has 0 radical (unpaired) electrons. The largest absolute Gasteiger partial charge is 0.342 e. The molecule has 1 aliphatic heterocycles. The number of nitrogens with one attached hydrogen (secondary N) is 1. The molecule has 0 bridgehead atoms. The fourth-order valence-corrected chi connectivity index (χ4v) is 2.21. The third-order valence-corrected chi connectivity index (χ3v) is 3.29. The molecule has 1 atom stereocenters. The molecule has 80 valence electrons. The van der Waals surface area contributed by atoms with E-state index in [0.29, 0.717) is 11.8 Å². The quantitative estimate of drug-likeness (QED) is 0.723. The number of nitrogens with zero attached hydrogens (tertiary/aromatic N) is 1. The van der Waals surface area contributed by atoms with Crippen molar-refractivity contribution >= 4 is 5.91 Å². The van der Waals surface area contributed by atoms with E-state index in [9.17, 15) is 4.79 Å². The highest BCUT2D eigenvalue weighted by atomic mass is 16.2. The van der Waals surface area contributed by atoms with Crippen LogP contribution < -0.4 is 5.32 Å².